The third-order valence-electron chi connectivity index (χ3n) is 3.50. The molecule has 14 heavy (non-hydrogen) atoms. The van der Waals surface area contributed by atoms with E-state index in [2.05, 4.69) is 31.2 Å². The molecule has 0 aliphatic heterocycles. The van der Waals surface area contributed by atoms with E-state index in [9.17, 15) is 0 Å². The van der Waals surface area contributed by atoms with Crippen LogP contribution in [0.4, 0.5) is 0 Å². The highest BCUT2D eigenvalue weighted by molar-refractivity contribution is 5.34. The van der Waals surface area contributed by atoms with Gasteiger partial charge < -0.3 is 5.73 Å². The van der Waals surface area contributed by atoms with Crippen LogP contribution in [-0.2, 0) is 12.0 Å². The first kappa shape index (κ1) is 9.72. The molecule has 0 amide bonds. The van der Waals surface area contributed by atoms with E-state index in [4.69, 9.17) is 5.73 Å². The Morgan fingerprint density at radius 2 is 2.07 bits per heavy atom. The van der Waals surface area contributed by atoms with Crippen LogP contribution in [0.25, 0.3) is 0 Å². The predicted octanol–water partition coefficient (Wildman–Crippen LogP) is 2.98. The van der Waals surface area contributed by atoms with E-state index in [1.807, 2.05) is 0 Å². The fourth-order valence-electron chi connectivity index (χ4n) is 2.48. The summed E-state index contributed by atoms with van der Waals surface area (Å²) in [7, 11) is 0. The van der Waals surface area contributed by atoms with Crippen LogP contribution in [0.3, 0.4) is 0 Å². The highest BCUT2D eigenvalue weighted by Crippen LogP contribution is 2.34. The van der Waals surface area contributed by atoms with E-state index in [1.54, 1.807) is 0 Å². The zero-order valence-corrected chi connectivity index (χ0v) is 8.92. The Labute approximate surface area is 86.3 Å². The van der Waals surface area contributed by atoms with Crippen molar-refractivity contribution >= 4 is 0 Å². The van der Waals surface area contributed by atoms with Crippen LogP contribution in [0, 0.1) is 0 Å². The van der Waals surface area contributed by atoms with Crippen LogP contribution >= 0.6 is 0 Å². The molecule has 1 nitrogen and oxygen atoms in total. The third kappa shape index (κ3) is 1.57. The number of hydrogen-bond acceptors (Lipinski definition) is 1. The van der Waals surface area contributed by atoms with Crippen molar-refractivity contribution in [2.45, 2.75) is 44.6 Å². The van der Waals surface area contributed by atoms with E-state index in [0.717, 1.165) is 12.8 Å². The summed E-state index contributed by atoms with van der Waals surface area (Å²) in [5.74, 6) is 0. The SMILES string of the molecule is CCC1(N)CCCCc2ccccc21. The molecule has 2 rings (SSSR count). The Bertz CT molecular complexity index is 319. The van der Waals surface area contributed by atoms with E-state index in [0.29, 0.717) is 0 Å². The molecule has 0 fully saturated rings. The lowest BCUT2D eigenvalue weighted by molar-refractivity contribution is 0.388. The molecule has 0 saturated heterocycles. The lowest BCUT2D eigenvalue weighted by atomic mass is 9.83. The van der Waals surface area contributed by atoms with Crippen LogP contribution in [0.1, 0.15) is 43.7 Å². The molecular weight excluding hydrogens is 170 g/mol. The average Bonchev–Trinajstić information content (AvgIpc) is 2.40. The summed E-state index contributed by atoms with van der Waals surface area (Å²) >= 11 is 0. The Morgan fingerprint density at radius 3 is 2.86 bits per heavy atom. The summed E-state index contributed by atoms with van der Waals surface area (Å²) in [6.45, 7) is 2.20. The fraction of sp³-hybridized carbons (Fsp3) is 0.538. The van der Waals surface area contributed by atoms with Gasteiger partial charge >= 0.3 is 0 Å². The van der Waals surface area contributed by atoms with E-state index >= 15 is 0 Å². The van der Waals surface area contributed by atoms with Gasteiger partial charge in [-0.25, -0.2) is 0 Å². The summed E-state index contributed by atoms with van der Waals surface area (Å²) in [5.41, 5.74) is 9.26. The second-order valence-corrected chi connectivity index (χ2v) is 4.37. The summed E-state index contributed by atoms with van der Waals surface area (Å²) < 4.78 is 0. The number of aryl methyl sites for hydroxylation is 1. The van der Waals surface area contributed by atoms with Crippen molar-refractivity contribution in [1.29, 1.82) is 0 Å². The molecule has 1 aromatic rings. The lowest BCUT2D eigenvalue weighted by Gasteiger charge is -2.28. The number of fused-ring (bicyclic) bond motifs is 1. The number of hydrogen-bond donors (Lipinski definition) is 1. The molecule has 0 radical (unpaired) electrons. The summed E-state index contributed by atoms with van der Waals surface area (Å²) in [6, 6.07) is 8.68. The zero-order valence-electron chi connectivity index (χ0n) is 8.92. The van der Waals surface area contributed by atoms with Gasteiger partial charge in [-0.1, -0.05) is 37.6 Å². The van der Waals surface area contributed by atoms with Crippen LogP contribution in [0.15, 0.2) is 24.3 Å². The lowest BCUT2D eigenvalue weighted by Crippen LogP contribution is -2.35. The van der Waals surface area contributed by atoms with Gasteiger partial charge in [-0.15, -0.1) is 0 Å². The van der Waals surface area contributed by atoms with Crippen LogP contribution in [0.2, 0.25) is 0 Å². The van der Waals surface area contributed by atoms with Gasteiger partial charge in [0.15, 0.2) is 0 Å². The molecule has 2 N–H and O–H groups in total. The maximum absolute atomic E-state index is 6.47. The number of rotatable bonds is 1. The topological polar surface area (TPSA) is 26.0 Å². The highest BCUT2D eigenvalue weighted by Gasteiger charge is 2.28. The quantitative estimate of drug-likeness (QED) is 0.675. The minimum Gasteiger partial charge on any atom is -0.321 e. The molecule has 1 atom stereocenters. The largest absolute Gasteiger partial charge is 0.321 e. The van der Waals surface area contributed by atoms with Gasteiger partial charge in [-0.3, -0.25) is 0 Å². The van der Waals surface area contributed by atoms with Gasteiger partial charge in [0.25, 0.3) is 0 Å². The van der Waals surface area contributed by atoms with Crippen molar-refractivity contribution in [1.82, 2.24) is 0 Å². The van der Waals surface area contributed by atoms with Gasteiger partial charge in [-0.2, -0.15) is 0 Å². The first-order valence-electron chi connectivity index (χ1n) is 5.63. The summed E-state index contributed by atoms with van der Waals surface area (Å²) in [6.07, 6.45) is 5.94. The second kappa shape index (κ2) is 3.74. The number of nitrogens with two attached hydrogens (primary N) is 1. The van der Waals surface area contributed by atoms with Gasteiger partial charge in [-0.05, 0) is 36.8 Å². The van der Waals surface area contributed by atoms with E-state index in [-0.39, 0.29) is 5.54 Å². The van der Waals surface area contributed by atoms with Crippen LogP contribution < -0.4 is 5.73 Å². The predicted molar refractivity (Wildman–Crippen MR) is 60.2 cm³/mol. The molecule has 1 aliphatic carbocycles. The maximum Gasteiger partial charge on any atom is 0.0409 e. The minimum absolute atomic E-state index is 0.0624. The first-order chi connectivity index (χ1) is 6.76. The molecule has 0 heterocycles. The molecule has 0 bridgehead atoms. The minimum atomic E-state index is -0.0624. The van der Waals surface area contributed by atoms with Crippen LogP contribution in [-0.4, -0.2) is 0 Å². The molecule has 0 aromatic heterocycles. The van der Waals surface area contributed by atoms with Crippen molar-refractivity contribution in [2.75, 3.05) is 0 Å². The van der Waals surface area contributed by atoms with E-state index < -0.39 is 0 Å². The van der Waals surface area contributed by atoms with Crippen molar-refractivity contribution < 1.29 is 0 Å². The van der Waals surface area contributed by atoms with Crippen molar-refractivity contribution in [2.24, 2.45) is 5.73 Å². The van der Waals surface area contributed by atoms with Crippen molar-refractivity contribution in [3.05, 3.63) is 35.4 Å². The van der Waals surface area contributed by atoms with Crippen molar-refractivity contribution in [3.63, 3.8) is 0 Å². The zero-order chi connectivity index (χ0) is 10.0. The molecule has 1 aromatic carbocycles. The maximum atomic E-state index is 6.47. The highest BCUT2D eigenvalue weighted by atomic mass is 14.7. The Kier molecular flexibility index (Phi) is 2.60. The Hall–Kier alpha value is -0.820. The summed E-state index contributed by atoms with van der Waals surface area (Å²) in [4.78, 5) is 0. The van der Waals surface area contributed by atoms with Gasteiger partial charge in [0.05, 0.1) is 0 Å². The smallest absolute Gasteiger partial charge is 0.0409 e. The standard InChI is InChI=1S/C13H19N/c1-2-13(14)10-6-5-8-11-7-3-4-9-12(11)13/h3-4,7,9H,2,5-6,8,10,14H2,1H3. The van der Waals surface area contributed by atoms with Gasteiger partial charge in [0.1, 0.15) is 0 Å². The molecule has 76 valence electrons. The van der Waals surface area contributed by atoms with Gasteiger partial charge in [0, 0.05) is 5.54 Å². The Balaban J connectivity index is 2.47. The second-order valence-electron chi connectivity index (χ2n) is 4.37. The first-order valence-corrected chi connectivity index (χ1v) is 5.63. The third-order valence-corrected chi connectivity index (χ3v) is 3.50. The molecule has 0 saturated carbocycles. The average molecular weight is 189 g/mol. The Morgan fingerprint density at radius 1 is 1.29 bits per heavy atom. The fourth-order valence-corrected chi connectivity index (χ4v) is 2.48. The van der Waals surface area contributed by atoms with Crippen LogP contribution in [0.5, 0.6) is 0 Å². The normalized spacial score (nSPS) is 26.7. The number of benzene rings is 1. The van der Waals surface area contributed by atoms with Gasteiger partial charge in [0.2, 0.25) is 0 Å². The molecule has 1 aliphatic rings. The summed E-state index contributed by atoms with van der Waals surface area (Å²) in [5, 5.41) is 0. The monoisotopic (exact) mass is 189 g/mol. The molecule has 1 unspecified atom stereocenters. The van der Waals surface area contributed by atoms with E-state index in [1.165, 1.54) is 30.4 Å². The molecule has 0 spiro atoms. The molecule has 1 heteroatoms. The molecular formula is C13H19N. The van der Waals surface area contributed by atoms with Crippen molar-refractivity contribution in [3.8, 4) is 0 Å².